The molecule has 1 atom stereocenters. The zero-order valence-corrected chi connectivity index (χ0v) is 14.1. The van der Waals surface area contributed by atoms with Gasteiger partial charge in [-0.15, -0.1) is 0 Å². The highest BCUT2D eigenvalue weighted by Gasteiger charge is 2.38. The first-order chi connectivity index (χ1) is 10.2. The molecule has 0 aromatic carbocycles. The second-order valence-corrected chi connectivity index (χ2v) is 6.77. The molecule has 0 radical (unpaired) electrons. The predicted molar refractivity (Wildman–Crippen MR) is 88.6 cm³/mol. The first-order valence-electron chi connectivity index (χ1n) is 9.03. The van der Waals surface area contributed by atoms with Crippen molar-refractivity contribution < 1.29 is 4.74 Å². The van der Waals surface area contributed by atoms with Gasteiger partial charge in [-0.1, -0.05) is 6.92 Å². The largest absolute Gasteiger partial charge is 0.378 e. The lowest BCUT2D eigenvalue weighted by atomic mass is 9.86. The van der Waals surface area contributed by atoms with Gasteiger partial charge in [0.1, 0.15) is 0 Å². The van der Waals surface area contributed by atoms with Crippen LogP contribution in [-0.4, -0.2) is 67.3 Å². The molecule has 124 valence electrons. The normalized spacial score (nSPS) is 30.4. The van der Waals surface area contributed by atoms with Gasteiger partial charge in [-0.3, -0.25) is 4.90 Å². The van der Waals surface area contributed by atoms with Gasteiger partial charge in [-0.2, -0.15) is 0 Å². The molecule has 2 aliphatic heterocycles. The lowest BCUT2D eigenvalue weighted by Gasteiger charge is -2.46. The molecule has 2 N–H and O–H groups in total. The molecular weight excluding hydrogens is 262 g/mol. The minimum Gasteiger partial charge on any atom is -0.378 e. The Morgan fingerprint density at radius 3 is 2.48 bits per heavy atom. The van der Waals surface area contributed by atoms with Crippen molar-refractivity contribution in [3.8, 4) is 0 Å². The van der Waals surface area contributed by atoms with Crippen molar-refractivity contribution >= 4 is 0 Å². The predicted octanol–water partition coefficient (Wildman–Crippen LogP) is 2.08. The summed E-state index contributed by atoms with van der Waals surface area (Å²) < 4.78 is 5.79. The Kier molecular flexibility index (Phi) is 6.93. The minimum absolute atomic E-state index is 0.250. The molecule has 2 rings (SSSR count). The molecular formula is C17H35N3O. The number of ether oxygens (including phenoxy) is 1. The molecule has 0 bridgehead atoms. The van der Waals surface area contributed by atoms with Crippen molar-refractivity contribution in [3.63, 3.8) is 0 Å². The highest BCUT2D eigenvalue weighted by molar-refractivity contribution is 4.96. The fraction of sp³-hybridized carbons (Fsp3) is 1.00. The van der Waals surface area contributed by atoms with E-state index in [0.717, 1.165) is 26.2 Å². The highest BCUT2D eigenvalue weighted by atomic mass is 16.5. The number of hydrogen-bond donors (Lipinski definition) is 1. The number of rotatable bonds is 6. The van der Waals surface area contributed by atoms with Gasteiger partial charge in [0.05, 0.1) is 6.10 Å². The third kappa shape index (κ3) is 4.41. The van der Waals surface area contributed by atoms with E-state index < -0.39 is 0 Å². The summed E-state index contributed by atoms with van der Waals surface area (Å²) in [4.78, 5) is 5.32. The Morgan fingerprint density at radius 2 is 1.86 bits per heavy atom. The maximum atomic E-state index is 6.26. The molecule has 0 aromatic heterocycles. The van der Waals surface area contributed by atoms with E-state index in [1.165, 1.54) is 58.2 Å². The second-order valence-electron chi connectivity index (χ2n) is 6.77. The van der Waals surface area contributed by atoms with Gasteiger partial charge in [-0.05, 0) is 65.1 Å². The molecule has 21 heavy (non-hydrogen) atoms. The van der Waals surface area contributed by atoms with E-state index >= 15 is 0 Å². The first kappa shape index (κ1) is 17.2. The number of hydrogen-bond acceptors (Lipinski definition) is 4. The van der Waals surface area contributed by atoms with Crippen LogP contribution >= 0.6 is 0 Å². The van der Waals surface area contributed by atoms with Crippen LogP contribution in [0.2, 0.25) is 0 Å². The average Bonchev–Trinajstić information content (AvgIpc) is 2.72. The quantitative estimate of drug-likeness (QED) is 0.815. The van der Waals surface area contributed by atoms with E-state index in [1.54, 1.807) is 0 Å². The summed E-state index contributed by atoms with van der Waals surface area (Å²) >= 11 is 0. The van der Waals surface area contributed by atoms with Gasteiger partial charge < -0.3 is 15.4 Å². The summed E-state index contributed by atoms with van der Waals surface area (Å²) in [5.41, 5.74) is 6.51. The fourth-order valence-electron chi connectivity index (χ4n) is 4.16. The van der Waals surface area contributed by atoms with Crippen molar-refractivity contribution in [2.75, 3.05) is 45.9 Å². The van der Waals surface area contributed by atoms with Crippen molar-refractivity contribution in [2.45, 2.75) is 64.0 Å². The third-order valence-corrected chi connectivity index (χ3v) is 5.44. The third-order valence-electron chi connectivity index (χ3n) is 5.44. The van der Waals surface area contributed by atoms with Crippen LogP contribution in [0.5, 0.6) is 0 Å². The smallest absolute Gasteiger partial charge is 0.0599 e. The second kappa shape index (κ2) is 8.47. The minimum atomic E-state index is 0.250. The lowest BCUT2D eigenvalue weighted by molar-refractivity contribution is -0.0223. The molecule has 0 spiro atoms. The Bertz CT molecular complexity index is 292. The topological polar surface area (TPSA) is 41.7 Å². The van der Waals surface area contributed by atoms with Crippen molar-refractivity contribution in [1.29, 1.82) is 0 Å². The van der Waals surface area contributed by atoms with Gasteiger partial charge in [-0.25, -0.2) is 0 Å². The van der Waals surface area contributed by atoms with Gasteiger partial charge in [0.25, 0.3) is 0 Å². The molecule has 2 saturated heterocycles. The van der Waals surface area contributed by atoms with Crippen LogP contribution in [0.1, 0.15) is 52.4 Å². The molecule has 0 aliphatic carbocycles. The van der Waals surface area contributed by atoms with E-state index in [1.807, 2.05) is 0 Å². The van der Waals surface area contributed by atoms with E-state index in [2.05, 4.69) is 23.6 Å². The molecule has 0 aromatic rings. The van der Waals surface area contributed by atoms with Crippen LogP contribution in [0.15, 0.2) is 0 Å². The zero-order chi connectivity index (χ0) is 15.1. The SMILES string of the molecule is CCCN1CCCC(CN)(N2CCC(OCC)CC2)CC1. The van der Waals surface area contributed by atoms with Crippen molar-refractivity contribution in [1.82, 2.24) is 9.80 Å². The zero-order valence-electron chi connectivity index (χ0n) is 14.1. The summed E-state index contributed by atoms with van der Waals surface area (Å²) in [6, 6.07) is 0. The number of piperidine rings is 1. The van der Waals surface area contributed by atoms with Crippen LogP contribution < -0.4 is 5.73 Å². The Morgan fingerprint density at radius 1 is 1.10 bits per heavy atom. The summed E-state index contributed by atoms with van der Waals surface area (Å²) in [7, 11) is 0. The average molecular weight is 297 g/mol. The maximum absolute atomic E-state index is 6.26. The monoisotopic (exact) mass is 297 g/mol. The van der Waals surface area contributed by atoms with Crippen LogP contribution in [0.3, 0.4) is 0 Å². The van der Waals surface area contributed by atoms with Crippen LogP contribution in [-0.2, 0) is 4.74 Å². The van der Waals surface area contributed by atoms with Gasteiger partial charge in [0.2, 0.25) is 0 Å². The van der Waals surface area contributed by atoms with Gasteiger partial charge in [0, 0.05) is 31.8 Å². The van der Waals surface area contributed by atoms with Gasteiger partial charge in [0.15, 0.2) is 0 Å². The van der Waals surface area contributed by atoms with Crippen molar-refractivity contribution in [2.24, 2.45) is 5.73 Å². The Hall–Kier alpha value is -0.160. The molecule has 4 heteroatoms. The van der Waals surface area contributed by atoms with E-state index in [9.17, 15) is 0 Å². The van der Waals surface area contributed by atoms with Crippen LogP contribution in [0.25, 0.3) is 0 Å². The van der Waals surface area contributed by atoms with Crippen LogP contribution in [0, 0.1) is 0 Å². The molecule has 0 saturated carbocycles. The number of likely N-dealkylation sites (tertiary alicyclic amines) is 2. The molecule has 1 unspecified atom stereocenters. The van der Waals surface area contributed by atoms with Gasteiger partial charge >= 0.3 is 0 Å². The maximum Gasteiger partial charge on any atom is 0.0599 e. The van der Waals surface area contributed by atoms with Crippen molar-refractivity contribution in [3.05, 3.63) is 0 Å². The highest BCUT2D eigenvalue weighted by Crippen LogP contribution is 2.31. The Balaban J connectivity index is 1.92. The molecule has 2 aliphatic rings. The first-order valence-corrected chi connectivity index (χ1v) is 9.03. The molecule has 4 nitrogen and oxygen atoms in total. The summed E-state index contributed by atoms with van der Waals surface area (Å²) in [5, 5.41) is 0. The van der Waals surface area contributed by atoms with E-state index in [0.29, 0.717) is 6.10 Å². The summed E-state index contributed by atoms with van der Waals surface area (Å²) in [6.45, 7) is 12.1. The fourth-order valence-corrected chi connectivity index (χ4v) is 4.16. The molecule has 0 amide bonds. The summed E-state index contributed by atoms with van der Waals surface area (Å²) in [5.74, 6) is 0. The standard InChI is InChI=1S/C17H35N3O/c1-3-10-19-11-5-8-17(15-18,9-14-19)20-12-6-16(7-13-20)21-4-2/h16H,3-15,18H2,1-2H3. The summed E-state index contributed by atoms with van der Waals surface area (Å²) in [6.07, 6.45) is 7.88. The van der Waals surface area contributed by atoms with E-state index in [-0.39, 0.29) is 5.54 Å². The molecule has 2 fully saturated rings. The Labute approximate surface area is 131 Å². The molecule has 2 heterocycles. The lowest BCUT2D eigenvalue weighted by Crippen LogP contribution is -2.57. The van der Waals surface area contributed by atoms with Crippen LogP contribution in [0.4, 0.5) is 0 Å². The number of nitrogens with zero attached hydrogens (tertiary/aromatic N) is 2. The van der Waals surface area contributed by atoms with E-state index in [4.69, 9.17) is 10.5 Å². The number of nitrogens with two attached hydrogens (primary N) is 1.